The van der Waals surface area contributed by atoms with Crippen LogP contribution in [0.15, 0.2) is 12.7 Å². The van der Waals surface area contributed by atoms with E-state index in [1.165, 1.54) is 10.9 Å². The summed E-state index contributed by atoms with van der Waals surface area (Å²) in [6.45, 7) is 0. The van der Waals surface area contributed by atoms with Gasteiger partial charge in [0.25, 0.3) is 5.09 Å². The zero-order chi connectivity index (χ0) is 18.3. The molecule has 3 heterocycles. The maximum Gasteiger partial charge on any atom is 0.294 e. The summed E-state index contributed by atoms with van der Waals surface area (Å²) in [5.74, 6) is -1.13. The van der Waals surface area contributed by atoms with Crippen molar-refractivity contribution in [3.63, 3.8) is 0 Å². The van der Waals surface area contributed by atoms with Crippen LogP contribution in [0.5, 0.6) is 0 Å². The van der Waals surface area contributed by atoms with Crippen LogP contribution < -0.4 is 11.5 Å². The zero-order valence-corrected chi connectivity index (χ0v) is 12.4. The molecule has 0 saturated carbocycles. The Morgan fingerprint density at radius 1 is 1.48 bits per heavy atom. The lowest BCUT2D eigenvalue weighted by Gasteiger charge is -2.20. The molecule has 0 radical (unpaired) electrons. The predicted octanol–water partition coefficient (Wildman–Crippen LogP) is -2.91. The minimum atomic E-state index is -1.95. The number of aliphatic hydroxyl groups is 2. The Kier molecular flexibility index (Phi) is 4.07. The Hall–Kier alpha value is -3.10. The van der Waals surface area contributed by atoms with Crippen molar-refractivity contribution in [3.8, 4) is 0 Å². The van der Waals surface area contributed by atoms with Gasteiger partial charge in [0.2, 0.25) is 5.91 Å². The molecule has 0 aromatic carbocycles. The lowest BCUT2D eigenvalue weighted by Crippen LogP contribution is -2.47. The van der Waals surface area contributed by atoms with Crippen molar-refractivity contribution in [2.45, 2.75) is 30.6 Å². The Labute approximate surface area is 138 Å². The number of ether oxygens (including phenoxy) is 1. The van der Waals surface area contributed by atoms with Gasteiger partial charge < -0.3 is 31.3 Å². The molecule has 0 aliphatic carbocycles. The van der Waals surface area contributed by atoms with Crippen molar-refractivity contribution in [1.29, 1.82) is 0 Å². The highest BCUT2D eigenvalue weighted by atomic mass is 17.0. The summed E-state index contributed by atoms with van der Waals surface area (Å²) in [6.07, 6.45) is -5.77. The maximum atomic E-state index is 11.2. The van der Waals surface area contributed by atoms with Crippen LogP contribution in [-0.2, 0) is 14.4 Å². The van der Waals surface area contributed by atoms with Gasteiger partial charge in [-0.15, -0.1) is 10.1 Å². The number of anilines is 1. The van der Waals surface area contributed by atoms with Crippen LogP contribution in [0.4, 0.5) is 5.82 Å². The number of aromatic nitrogens is 4. The number of fused-ring (bicyclic) bond motifs is 1. The van der Waals surface area contributed by atoms with Gasteiger partial charge in [-0.2, -0.15) is 0 Å². The number of aliphatic hydroxyl groups excluding tert-OH is 2. The Bertz CT molecular complexity index is 826. The molecule has 14 heteroatoms. The molecule has 0 bridgehead atoms. The number of nitrogens with zero attached hydrogens (tertiary/aromatic N) is 5. The number of imidazole rings is 1. The van der Waals surface area contributed by atoms with E-state index in [1.807, 2.05) is 0 Å². The van der Waals surface area contributed by atoms with Gasteiger partial charge in [0.15, 0.2) is 29.9 Å². The third kappa shape index (κ3) is 2.77. The largest absolute Gasteiger partial charge is 0.386 e. The molecule has 2 aromatic rings. The summed E-state index contributed by atoms with van der Waals surface area (Å²) in [7, 11) is 0. The first-order valence-corrected chi connectivity index (χ1v) is 6.86. The predicted molar refractivity (Wildman–Crippen MR) is 76.7 cm³/mol. The van der Waals surface area contributed by atoms with Crippen molar-refractivity contribution < 1.29 is 29.7 Å². The molecule has 14 nitrogen and oxygen atoms in total. The highest BCUT2D eigenvalue weighted by Gasteiger charge is 2.51. The van der Waals surface area contributed by atoms with Crippen LogP contribution in [0, 0.1) is 10.1 Å². The standard InChI is InChI=1S/C11H13N7O7/c12-8-3-10(15-1-14-8)17(2-16-3)11-5(20)7(25-18(22)23)6(24-11)4(19)9(13)21/h1-2,4-7,11,19-20H,(H2,13,21)(H2,12,14,15)/t4?,5-,6-,7+,11-/m1/s1. The molecule has 1 amide bonds. The number of carbonyl (C=O) groups is 1. The molecule has 1 unspecified atom stereocenters. The van der Waals surface area contributed by atoms with Crippen molar-refractivity contribution in [1.82, 2.24) is 19.5 Å². The van der Waals surface area contributed by atoms with E-state index in [1.54, 1.807) is 0 Å². The normalized spacial score (nSPS) is 27.3. The number of amides is 1. The summed E-state index contributed by atoms with van der Waals surface area (Å²) in [5, 5.41) is 29.7. The SMILES string of the molecule is NC(=O)C(O)[C@H]1O[C@@H](n2cnc3c(N)ncnc32)[C@H](O)[C@@H]1O[N+](=O)[O-]. The molecular weight excluding hydrogens is 342 g/mol. The molecule has 0 spiro atoms. The number of nitrogen functional groups attached to an aromatic ring is 1. The van der Waals surface area contributed by atoms with Gasteiger partial charge in [0.1, 0.15) is 24.1 Å². The number of hydrogen-bond acceptors (Lipinski definition) is 11. The van der Waals surface area contributed by atoms with Crippen molar-refractivity contribution in [3.05, 3.63) is 22.8 Å². The van der Waals surface area contributed by atoms with Crippen LogP contribution >= 0.6 is 0 Å². The van der Waals surface area contributed by atoms with Crippen LogP contribution in [-0.4, -0.2) is 65.1 Å². The third-order valence-corrected chi connectivity index (χ3v) is 3.72. The molecular formula is C11H13N7O7. The first kappa shape index (κ1) is 16.7. The number of carbonyl (C=O) groups excluding carboxylic acids is 1. The Morgan fingerprint density at radius 3 is 2.84 bits per heavy atom. The summed E-state index contributed by atoms with van der Waals surface area (Å²) in [6, 6.07) is 0. The minimum absolute atomic E-state index is 0.0723. The van der Waals surface area contributed by atoms with Crippen molar-refractivity contribution in [2.75, 3.05) is 5.73 Å². The topological polar surface area (TPSA) is 215 Å². The lowest BCUT2D eigenvalue weighted by atomic mass is 10.1. The smallest absolute Gasteiger partial charge is 0.294 e. The maximum absolute atomic E-state index is 11.2. The van der Waals surface area contributed by atoms with Gasteiger partial charge in [-0.25, -0.2) is 15.0 Å². The Morgan fingerprint density at radius 2 is 2.20 bits per heavy atom. The second kappa shape index (κ2) is 6.08. The quantitative estimate of drug-likeness (QED) is 0.315. The van der Waals surface area contributed by atoms with E-state index in [4.69, 9.17) is 16.2 Å². The molecule has 1 saturated heterocycles. The molecule has 1 fully saturated rings. The molecule has 1 aliphatic rings. The van der Waals surface area contributed by atoms with E-state index in [2.05, 4.69) is 19.8 Å². The highest BCUT2D eigenvalue weighted by Crippen LogP contribution is 2.35. The molecule has 134 valence electrons. The molecule has 6 N–H and O–H groups in total. The zero-order valence-electron chi connectivity index (χ0n) is 12.4. The Balaban J connectivity index is 2.00. The number of primary amides is 1. The molecule has 25 heavy (non-hydrogen) atoms. The highest BCUT2D eigenvalue weighted by molar-refractivity contribution is 5.81. The van der Waals surface area contributed by atoms with E-state index in [0.29, 0.717) is 0 Å². The van der Waals surface area contributed by atoms with E-state index < -0.39 is 41.6 Å². The van der Waals surface area contributed by atoms with Crippen LogP contribution in [0.3, 0.4) is 0 Å². The second-order valence-corrected chi connectivity index (χ2v) is 5.21. The van der Waals surface area contributed by atoms with Gasteiger partial charge in [-0.1, -0.05) is 0 Å². The molecule has 3 rings (SSSR count). The second-order valence-electron chi connectivity index (χ2n) is 5.21. The van der Waals surface area contributed by atoms with Gasteiger partial charge in [-0.05, 0) is 0 Å². The summed E-state index contributed by atoms with van der Waals surface area (Å²) >= 11 is 0. The van der Waals surface area contributed by atoms with E-state index in [9.17, 15) is 25.1 Å². The molecule has 2 aromatic heterocycles. The molecule has 1 aliphatic heterocycles. The average Bonchev–Trinajstić information content (AvgIpc) is 3.10. The van der Waals surface area contributed by atoms with Crippen LogP contribution in [0.1, 0.15) is 6.23 Å². The summed E-state index contributed by atoms with van der Waals surface area (Å²) < 4.78 is 6.62. The van der Waals surface area contributed by atoms with Crippen molar-refractivity contribution >= 4 is 22.9 Å². The number of nitrogens with two attached hydrogens (primary N) is 2. The molecule has 5 atom stereocenters. The van der Waals surface area contributed by atoms with Gasteiger partial charge in [0, 0.05) is 0 Å². The van der Waals surface area contributed by atoms with E-state index in [-0.39, 0.29) is 17.0 Å². The first-order chi connectivity index (χ1) is 11.8. The lowest BCUT2D eigenvalue weighted by molar-refractivity contribution is -0.771. The minimum Gasteiger partial charge on any atom is -0.386 e. The van der Waals surface area contributed by atoms with Crippen molar-refractivity contribution in [2.24, 2.45) is 5.73 Å². The summed E-state index contributed by atoms with van der Waals surface area (Å²) in [4.78, 5) is 37.9. The fourth-order valence-electron chi connectivity index (χ4n) is 2.60. The monoisotopic (exact) mass is 355 g/mol. The first-order valence-electron chi connectivity index (χ1n) is 6.86. The van der Waals surface area contributed by atoms with Gasteiger partial charge >= 0.3 is 0 Å². The third-order valence-electron chi connectivity index (χ3n) is 3.72. The fraction of sp³-hybridized carbons (Fsp3) is 0.455. The fourth-order valence-corrected chi connectivity index (χ4v) is 2.60. The van der Waals surface area contributed by atoms with Gasteiger partial charge in [0.05, 0.1) is 6.33 Å². The van der Waals surface area contributed by atoms with Crippen LogP contribution in [0.2, 0.25) is 0 Å². The van der Waals surface area contributed by atoms with E-state index in [0.717, 1.165) is 6.33 Å². The number of rotatable bonds is 5. The average molecular weight is 355 g/mol. The van der Waals surface area contributed by atoms with E-state index >= 15 is 0 Å². The number of hydrogen-bond donors (Lipinski definition) is 4. The van der Waals surface area contributed by atoms with Crippen LogP contribution in [0.25, 0.3) is 11.2 Å². The van der Waals surface area contributed by atoms with Gasteiger partial charge in [-0.3, -0.25) is 9.36 Å². The summed E-state index contributed by atoms with van der Waals surface area (Å²) in [5.41, 5.74) is 11.0.